The van der Waals surface area contributed by atoms with Crippen molar-refractivity contribution in [2.24, 2.45) is 5.92 Å². The Balaban J connectivity index is 1.60. The first-order valence-corrected chi connectivity index (χ1v) is 14.5. The lowest BCUT2D eigenvalue weighted by atomic mass is 9.92. The Bertz CT molecular complexity index is 843. The van der Waals surface area contributed by atoms with Gasteiger partial charge in [0.25, 0.3) is 0 Å². The Morgan fingerprint density at radius 2 is 1.97 bits per heavy atom. The van der Waals surface area contributed by atoms with Crippen molar-refractivity contribution in [2.75, 3.05) is 47.0 Å². The van der Waals surface area contributed by atoms with Crippen LogP contribution in [0.3, 0.4) is 0 Å². The number of morpholine rings is 1. The standard InChI is InChI=1S/C30H49N3O5/c1-23-10-8-13-25(18-23)20-27(37-16-9-14-29(34)36-3)28-22-33(15-17-38-28)30(35)32-26(21-31-2)19-24-11-6-4-5-7-12-24/h8,10,13,18,24,26-28,31H,4-7,9,11-12,14-17,19-22H2,1-3H3,(H,32,35)/t26-,27-,28+/m0/s1. The smallest absolute Gasteiger partial charge is 0.317 e. The van der Waals surface area contributed by atoms with Crippen molar-refractivity contribution < 1.29 is 23.8 Å². The average molecular weight is 532 g/mol. The summed E-state index contributed by atoms with van der Waals surface area (Å²) in [5, 5.41) is 6.59. The number of hydrogen-bond donors (Lipinski definition) is 2. The molecule has 0 spiro atoms. The minimum Gasteiger partial charge on any atom is -0.469 e. The van der Waals surface area contributed by atoms with Crippen LogP contribution in [-0.4, -0.2) is 82.2 Å². The summed E-state index contributed by atoms with van der Waals surface area (Å²) in [6, 6.07) is 8.49. The van der Waals surface area contributed by atoms with Gasteiger partial charge in [0, 0.05) is 38.6 Å². The number of nitrogens with one attached hydrogen (secondary N) is 2. The van der Waals surface area contributed by atoms with Crippen molar-refractivity contribution in [1.82, 2.24) is 15.5 Å². The third-order valence-corrected chi connectivity index (χ3v) is 7.77. The molecule has 1 saturated heterocycles. The second kappa shape index (κ2) is 16.7. The van der Waals surface area contributed by atoms with E-state index in [1.807, 2.05) is 11.9 Å². The van der Waals surface area contributed by atoms with Crippen LogP contribution >= 0.6 is 0 Å². The first kappa shape index (κ1) is 30.4. The van der Waals surface area contributed by atoms with E-state index in [0.29, 0.717) is 51.5 Å². The molecule has 1 aliphatic carbocycles. The zero-order chi connectivity index (χ0) is 27.2. The maximum absolute atomic E-state index is 13.4. The normalized spacial score (nSPS) is 20.4. The second-order valence-corrected chi connectivity index (χ2v) is 10.9. The van der Waals surface area contributed by atoms with Gasteiger partial charge in [-0.25, -0.2) is 4.79 Å². The van der Waals surface area contributed by atoms with Crippen molar-refractivity contribution in [3.63, 3.8) is 0 Å². The number of carbonyl (C=O) groups is 2. The largest absolute Gasteiger partial charge is 0.469 e. The molecule has 214 valence electrons. The van der Waals surface area contributed by atoms with Crippen LogP contribution in [0.25, 0.3) is 0 Å². The van der Waals surface area contributed by atoms with Crippen molar-refractivity contribution in [1.29, 1.82) is 0 Å². The summed E-state index contributed by atoms with van der Waals surface area (Å²) in [5.74, 6) is 0.450. The maximum Gasteiger partial charge on any atom is 0.317 e. The zero-order valence-electron chi connectivity index (χ0n) is 23.7. The Labute approximate surface area is 229 Å². The topological polar surface area (TPSA) is 89.1 Å². The van der Waals surface area contributed by atoms with Gasteiger partial charge in [-0.05, 0) is 38.3 Å². The third kappa shape index (κ3) is 10.5. The van der Waals surface area contributed by atoms with Crippen molar-refractivity contribution in [3.05, 3.63) is 35.4 Å². The number of ether oxygens (including phenoxy) is 3. The predicted octanol–water partition coefficient (Wildman–Crippen LogP) is 4.23. The number of esters is 1. The van der Waals surface area contributed by atoms with Crippen LogP contribution in [0.5, 0.6) is 0 Å². The summed E-state index contributed by atoms with van der Waals surface area (Å²) in [6.07, 6.45) is 9.98. The summed E-state index contributed by atoms with van der Waals surface area (Å²) in [7, 11) is 3.35. The van der Waals surface area contributed by atoms with E-state index >= 15 is 0 Å². The average Bonchev–Trinajstić information content (AvgIpc) is 3.19. The lowest BCUT2D eigenvalue weighted by molar-refractivity contribution is -0.141. The lowest BCUT2D eigenvalue weighted by Gasteiger charge is -2.38. The van der Waals surface area contributed by atoms with Crippen molar-refractivity contribution in [2.45, 2.75) is 89.4 Å². The van der Waals surface area contributed by atoms with Crippen LogP contribution in [0.4, 0.5) is 4.79 Å². The lowest BCUT2D eigenvalue weighted by Crippen LogP contribution is -2.56. The van der Waals surface area contributed by atoms with Gasteiger partial charge in [0.15, 0.2) is 0 Å². The quantitative estimate of drug-likeness (QED) is 0.225. The van der Waals surface area contributed by atoms with Gasteiger partial charge in [-0.1, -0.05) is 68.4 Å². The number of hydrogen-bond acceptors (Lipinski definition) is 6. The van der Waals surface area contributed by atoms with Crippen molar-refractivity contribution >= 4 is 12.0 Å². The first-order valence-electron chi connectivity index (χ1n) is 14.5. The maximum atomic E-state index is 13.4. The molecule has 0 radical (unpaired) electrons. The van der Waals surface area contributed by atoms with Crippen LogP contribution < -0.4 is 10.6 Å². The molecule has 0 aromatic heterocycles. The SMILES string of the molecule is CNC[C@H](CC1CCCCCC1)NC(=O)N1CCO[C@@H]([C@H](Cc2cccc(C)c2)OCCCC(=O)OC)C1. The van der Waals surface area contributed by atoms with E-state index in [9.17, 15) is 9.59 Å². The Kier molecular flexibility index (Phi) is 13.4. The number of carbonyl (C=O) groups excluding carboxylic acids is 2. The summed E-state index contributed by atoms with van der Waals surface area (Å²) in [5.41, 5.74) is 2.37. The summed E-state index contributed by atoms with van der Waals surface area (Å²) < 4.78 is 17.2. The van der Waals surface area contributed by atoms with Gasteiger partial charge in [0.1, 0.15) is 6.10 Å². The Morgan fingerprint density at radius 1 is 1.18 bits per heavy atom. The van der Waals surface area contributed by atoms with Gasteiger partial charge in [-0.15, -0.1) is 0 Å². The number of benzene rings is 1. The molecule has 3 rings (SSSR count). The fourth-order valence-electron chi connectivity index (χ4n) is 5.71. The molecule has 2 aliphatic rings. The molecule has 8 nitrogen and oxygen atoms in total. The van der Waals surface area contributed by atoms with E-state index in [2.05, 4.69) is 41.8 Å². The van der Waals surface area contributed by atoms with Crippen LogP contribution in [-0.2, 0) is 25.4 Å². The van der Waals surface area contributed by atoms with Crippen LogP contribution in [0.2, 0.25) is 0 Å². The molecular weight excluding hydrogens is 482 g/mol. The van der Waals surface area contributed by atoms with Gasteiger partial charge in [0.05, 0.1) is 26.4 Å². The monoisotopic (exact) mass is 531 g/mol. The highest BCUT2D eigenvalue weighted by Crippen LogP contribution is 2.26. The van der Waals surface area contributed by atoms with E-state index in [1.165, 1.54) is 56.8 Å². The minimum atomic E-state index is -0.238. The van der Waals surface area contributed by atoms with Crippen LogP contribution in [0.1, 0.15) is 68.9 Å². The number of nitrogens with zero attached hydrogens (tertiary/aromatic N) is 1. The summed E-state index contributed by atoms with van der Waals surface area (Å²) in [6.45, 7) is 4.81. The Hall–Kier alpha value is -2.16. The van der Waals surface area contributed by atoms with E-state index in [-0.39, 0.29) is 30.3 Å². The molecule has 1 aliphatic heterocycles. The molecule has 2 amide bonds. The van der Waals surface area contributed by atoms with Gasteiger partial charge in [-0.2, -0.15) is 0 Å². The second-order valence-electron chi connectivity index (χ2n) is 10.9. The zero-order valence-corrected chi connectivity index (χ0v) is 23.7. The summed E-state index contributed by atoms with van der Waals surface area (Å²) >= 11 is 0. The predicted molar refractivity (Wildman–Crippen MR) is 149 cm³/mol. The first-order chi connectivity index (χ1) is 18.5. The van der Waals surface area contributed by atoms with Gasteiger partial charge in [-0.3, -0.25) is 4.79 Å². The van der Waals surface area contributed by atoms with E-state index in [0.717, 1.165) is 13.0 Å². The molecule has 1 heterocycles. The molecule has 0 unspecified atom stereocenters. The molecule has 3 atom stereocenters. The van der Waals surface area contributed by atoms with E-state index in [4.69, 9.17) is 14.2 Å². The van der Waals surface area contributed by atoms with Crippen molar-refractivity contribution in [3.8, 4) is 0 Å². The number of urea groups is 1. The molecule has 38 heavy (non-hydrogen) atoms. The van der Waals surface area contributed by atoms with Gasteiger partial charge >= 0.3 is 12.0 Å². The molecular formula is C30H49N3O5. The highest BCUT2D eigenvalue weighted by molar-refractivity contribution is 5.74. The molecule has 1 saturated carbocycles. The number of likely N-dealkylation sites (N-methyl/N-ethyl adjacent to an activating group) is 1. The third-order valence-electron chi connectivity index (χ3n) is 7.77. The number of rotatable bonds is 13. The highest BCUT2D eigenvalue weighted by Gasteiger charge is 2.32. The fraction of sp³-hybridized carbons (Fsp3) is 0.733. The Morgan fingerprint density at radius 3 is 2.68 bits per heavy atom. The fourth-order valence-corrected chi connectivity index (χ4v) is 5.71. The summed E-state index contributed by atoms with van der Waals surface area (Å²) in [4.78, 5) is 26.8. The molecule has 2 fully saturated rings. The molecule has 2 N–H and O–H groups in total. The van der Waals surface area contributed by atoms with E-state index in [1.54, 1.807) is 0 Å². The highest BCUT2D eigenvalue weighted by atomic mass is 16.5. The van der Waals surface area contributed by atoms with Gasteiger partial charge < -0.3 is 29.7 Å². The number of aryl methyl sites for hydroxylation is 1. The number of methoxy groups -OCH3 is 1. The molecule has 0 bridgehead atoms. The van der Waals surface area contributed by atoms with Crippen LogP contribution in [0.15, 0.2) is 24.3 Å². The molecule has 1 aromatic rings. The minimum absolute atomic E-state index is 0.0211. The van der Waals surface area contributed by atoms with Crippen LogP contribution in [0, 0.1) is 12.8 Å². The molecule has 8 heteroatoms. The van der Waals surface area contributed by atoms with E-state index < -0.39 is 0 Å². The number of amides is 2. The van der Waals surface area contributed by atoms with Gasteiger partial charge in [0.2, 0.25) is 0 Å². The molecule has 1 aromatic carbocycles.